The normalized spacial score (nSPS) is 14.1. The third kappa shape index (κ3) is 2.36. The Morgan fingerprint density at radius 2 is 2.00 bits per heavy atom. The van der Waals surface area contributed by atoms with Gasteiger partial charge in [0.1, 0.15) is 0 Å². The topological polar surface area (TPSA) is 61.9 Å². The number of H-pyrrole nitrogens is 1. The molecular formula is C16H12Cl2N4O. The van der Waals surface area contributed by atoms with Crippen LogP contribution in [0.1, 0.15) is 21.9 Å². The molecule has 1 aliphatic heterocycles. The molecule has 5 nitrogen and oxygen atoms in total. The maximum absolute atomic E-state index is 12.5. The number of fused-ring (bicyclic) bond motifs is 3. The smallest absolute Gasteiger partial charge is 0.291 e. The monoisotopic (exact) mass is 346 g/mol. The molecule has 4 rings (SSSR count). The van der Waals surface area contributed by atoms with Crippen LogP contribution in [0, 0.1) is 0 Å². The van der Waals surface area contributed by atoms with Gasteiger partial charge < -0.3 is 9.88 Å². The molecule has 7 heteroatoms. The van der Waals surface area contributed by atoms with Gasteiger partial charge in [-0.1, -0.05) is 29.3 Å². The third-order valence-electron chi connectivity index (χ3n) is 4.09. The summed E-state index contributed by atoms with van der Waals surface area (Å²) in [5.74, 6) is 0.0579. The zero-order chi connectivity index (χ0) is 16.0. The van der Waals surface area contributed by atoms with E-state index in [1.165, 1.54) is 0 Å². The van der Waals surface area contributed by atoms with Gasteiger partial charge in [-0.05, 0) is 12.1 Å². The van der Waals surface area contributed by atoms with Gasteiger partial charge in [-0.2, -0.15) is 0 Å². The Morgan fingerprint density at radius 3 is 2.78 bits per heavy atom. The second kappa shape index (κ2) is 5.51. The van der Waals surface area contributed by atoms with Gasteiger partial charge in [0, 0.05) is 48.5 Å². The molecule has 1 N–H and O–H groups in total. The van der Waals surface area contributed by atoms with E-state index in [4.69, 9.17) is 23.2 Å². The van der Waals surface area contributed by atoms with Crippen LogP contribution in [-0.4, -0.2) is 32.3 Å². The molecule has 2 aromatic heterocycles. The van der Waals surface area contributed by atoms with E-state index in [0.29, 0.717) is 23.1 Å². The molecular weight excluding hydrogens is 335 g/mol. The number of aromatic amines is 1. The fourth-order valence-electron chi connectivity index (χ4n) is 2.95. The molecule has 0 spiro atoms. The number of amides is 1. The molecule has 0 aliphatic carbocycles. The van der Waals surface area contributed by atoms with Crippen LogP contribution in [0.15, 0.2) is 30.6 Å². The molecule has 116 valence electrons. The Hall–Kier alpha value is -2.11. The van der Waals surface area contributed by atoms with Crippen LogP contribution in [0.2, 0.25) is 10.0 Å². The van der Waals surface area contributed by atoms with E-state index >= 15 is 0 Å². The van der Waals surface area contributed by atoms with Gasteiger partial charge in [0.25, 0.3) is 5.91 Å². The highest BCUT2D eigenvalue weighted by Crippen LogP contribution is 2.35. The Balaban J connectivity index is 1.72. The van der Waals surface area contributed by atoms with Gasteiger partial charge in [-0.3, -0.25) is 4.79 Å². The molecule has 0 saturated carbocycles. The predicted molar refractivity (Wildman–Crippen MR) is 88.8 cm³/mol. The molecule has 0 unspecified atom stereocenters. The van der Waals surface area contributed by atoms with E-state index in [2.05, 4.69) is 15.0 Å². The third-order valence-corrected chi connectivity index (χ3v) is 4.89. The minimum atomic E-state index is -0.161. The van der Waals surface area contributed by atoms with Crippen LogP contribution in [0.25, 0.3) is 10.9 Å². The fraction of sp³-hybridized carbons (Fsp3) is 0.188. The minimum Gasteiger partial charge on any atom is -0.357 e. The quantitative estimate of drug-likeness (QED) is 0.733. The summed E-state index contributed by atoms with van der Waals surface area (Å²) >= 11 is 12.4. The van der Waals surface area contributed by atoms with Crippen molar-refractivity contribution in [1.29, 1.82) is 0 Å². The molecule has 1 aliphatic rings. The Labute approximate surface area is 142 Å². The summed E-state index contributed by atoms with van der Waals surface area (Å²) in [7, 11) is 0. The second-order valence-corrected chi connectivity index (χ2v) is 6.20. The number of benzene rings is 1. The van der Waals surface area contributed by atoms with Crippen LogP contribution in [0.5, 0.6) is 0 Å². The highest BCUT2D eigenvalue weighted by Gasteiger charge is 2.26. The first-order valence-corrected chi connectivity index (χ1v) is 7.94. The summed E-state index contributed by atoms with van der Waals surface area (Å²) in [6.45, 7) is 1.12. The number of nitrogens with zero attached hydrogens (tertiary/aromatic N) is 3. The first-order chi connectivity index (χ1) is 11.1. The molecule has 0 saturated heterocycles. The SMILES string of the molecule is O=C(c1ncccn1)N1CCc2[nH]c3c(Cl)c(Cl)ccc3c2C1. The van der Waals surface area contributed by atoms with Gasteiger partial charge in [0.15, 0.2) is 0 Å². The van der Waals surface area contributed by atoms with E-state index < -0.39 is 0 Å². The molecule has 23 heavy (non-hydrogen) atoms. The maximum atomic E-state index is 12.5. The molecule has 3 aromatic rings. The van der Waals surface area contributed by atoms with Crippen LogP contribution in [0.4, 0.5) is 0 Å². The lowest BCUT2D eigenvalue weighted by Crippen LogP contribution is -2.36. The number of carbonyl (C=O) groups is 1. The van der Waals surface area contributed by atoms with Gasteiger partial charge >= 0.3 is 0 Å². The summed E-state index contributed by atoms with van der Waals surface area (Å²) in [5.41, 5.74) is 3.01. The zero-order valence-corrected chi connectivity index (χ0v) is 13.5. The lowest BCUT2D eigenvalue weighted by atomic mass is 10.0. The first kappa shape index (κ1) is 14.5. The Kier molecular flexibility index (Phi) is 3.47. The van der Waals surface area contributed by atoms with E-state index in [1.54, 1.807) is 29.4 Å². The Morgan fingerprint density at radius 1 is 1.22 bits per heavy atom. The van der Waals surface area contributed by atoms with Crippen LogP contribution < -0.4 is 0 Å². The average molecular weight is 347 g/mol. The van der Waals surface area contributed by atoms with Crippen LogP contribution >= 0.6 is 23.2 Å². The molecule has 0 bridgehead atoms. The van der Waals surface area contributed by atoms with Crippen molar-refractivity contribution >= 4 is 40.0 Å². The number of aromatic nitrogens is 3. The van der Waals surface area contributed by atoms with E-state index in [-0.39, 0.29) is 11.7 Å². The highest BCUT2D eigenvalue weighted by molar-refractivity contribution is 6.45. The van der Waals surface area contributed by atoms with Crippen LogP contribution in [0.3, 0.4) is 0 Å². The lowest BCUT2D eigenvalue weighted by Gasteiger charge is -2.26. The van der Waals surface area contributed by atoms with Crippen molar-refractivity contribution in [3.8, 4) is 0 Å². The number of rotatable bonds is 1. The van der Waals surface area contributed by atoms with Gasteiger partial charge in [0.2, 0.25) is 5.82 Å². The van der Waals surface area contributed by atoms with Gasteiger partial charge in [-0.25, -0.2) is 9.97 Å². The predicted octanol–water partition coefficient (Wildman–Crippen LogP) is 3.46. The number of halogens is 2. The maximum Gasteiger partial charge on any atom is 0.291 e. The number of hydrogen-bond acceptors (Lipinski definition) is 3. The molecule has 0 fully saturated rings. The molecule has 0 atom stereocenters. The lowest BCUT2D eigenvalue weighted by molar-refractivity contribution is 0.0722. The largest absolute Gasteiger partial charge is 0.357 e. The number of hydrogen-bond donors (Lipinski definition) is 1. The summed E-state index contributed by atoms with van der Waals surface area (Å²) in [6, 6.07) is 5.41. The minimum absolute atomic E-state index is 0.161. The van der Waals surface area contributed by atoms with Crippen molar-refractivity contribution in [2.45, 2.75) is 13.0 Å². The summed E-state index contributed by atoms with van der Waals surface area (Å²) in [6.07, 6.45) is 3.88. The summed E-state index contributed by atoms with van der Waals surface area (Å²) in [4.78, 5) is 25.7. The van der Waals surface area contributed by atoms with Gasteiger partial charge in [-0.15, -0.1) is 0 Å². The second-order valence-electron chi connectivity index (χ2n) is 5.42. The molecule has 3 heterocycles. The molecule has 1 amide bonds. The zero-order valence-electron chi connectivity index (χ0n) is 12.0. The molecule has 0 radical (unpaired) electrons. The van der Waals surface area contributed by atoms with E-state index in [0.717, 1.165) is 28.6 Å². The van der Waals surface area contributed by atoms with Crippen molar-refractivity contribution in [3.05, 3.63) is 57.7 Å². The van der Waals surface area contributed by atoms with Gasteiger partial charge in [0.05, 0.1) is 15.6 Å². The van der Waals surface area contributed by atoms with E-state index in [9.17, 15) is 4.79 Å². The number of carbonyl (C=O) groups excluding carboxylic acids is 1. The number of nitrogens with one attached hydrogen (secondary N) is 1. The molecule has 1 aromatic carbocycles. The van der Waals surface area contributed by atoms with Crippen molar-refractivity contribution < 1.29 is 4.79 Å². The first-order valence-electron chi connectivity index (χ1n) is 7.19. The standard InChI is InChI=1S/C16H12Cl2N4O/c17-11-3-2-9-10-8-22(16(23)15-19-5-1-6-20-15)7-4-12(10)21-14(9)13(11)18/h1-3,5-6,21H,4,7-8H2. The summed E-state index contributed by atoms with van der Waals surface area (Å²) in [5, 5.41) is 2.03. The van der Waals surface area contributed by atoms with Crippen molar-refractivity contribution in [3.63, 3.8) is 0 Å². The van der Waals surface area contributed by atoms with E-state index in [1.807, 2.05) is 6.07 Å². The Bertz CT molecular complexity index is 907. The van der Waals surface area contributed by atoms with Crippen molar-refractivity contribution in [2.24, 2.45) is 0 Å². The fourth-order valence-corrected chi connectivity index (χ4v) is 3.32. The van der Waals surface area contributed by atoms with Crippen molar-refractivity contribution in [2.75, 3.05) is 6.54 Å². The summed E-state index contributed by atoms with van der Waals surface area (Å²) < 4.78 is 0. The van der Waals surface area contributed by atoms with Crippen molar-refractivity contribution in [1.82, 2.24) is 19.9 Å². The van der Waals surface area contributed by atoms with Crippen LogP contribution in [-0.2, 0) is 13.0 Å². The average Bonchev–Trinajstić information content (AvgIpc) is 2.97. The highest BCUT2D eigenvalue weighted by atomic mass is 35.5.